The van der Waals surface area contributed by atoms with E-state index >= 15 is 0 Å². The Morgan fingerprint density at radius 2 is 2.00 bits per heavy atom. The molecule has 2 aromatic carbocycles. The normalized spacial score (nSPS) is 14.5. The van der Waals surface area contributed by atoms with Gasteiger partial charge in [0.1, 0.15) is 5.75 Å². The molecule has 116 valence electrons. The van der Waals surface area contributed by atoms with Gasteiger partial charge in [0.25, 0.3) is 0 Å². The van der Waals surface area contributed by atoms with Crippen LogP contribution >= 0.6 is 0 Å². The summed E-state index contributed by atoms with van der Waals surface area (Å²) >= 11 is 0. The molecular weight excluding hydrogens is 288 g/mol. The van der Waals surface area contributed by atoms with Gasteiger partial charge in [-0.2, -0.15) is 0 Å². The van der Waals surface area contributed by atoms with Crippen LogP contribution in [0.3, 0.4) is 0 Å². The molecule has 5 heteroatoms. The van der Waals surface area contributed by atoms with Crippen LogP contribution in [-0.2, 0) is 13.0 Å². The highest BCUT2D eigenvalue weighted by molar-refractivity contribution is 5.39. The van der Waals surface area contributed by atoms with Crippen LogP contribution in [0, 0.1) is 11.6 Å². The summed E-state index contributed by atoms with van der Waals surface area (Å²) in [5, 5.41) is 13.1. The first-order valence-electron chi connectivity index (χ1n) is 7.22. The summed E-state index contributed by atoms with van der Waals surface area (Å²) in [6, 6.07) is 9.44. The van der Waals surface area contributed by atoms with Gasteiger partial charge in [-0.25, -0.2) is 8.78 Å². The molecule has 1 aliphatic heterocycles. The Hall–Kier alpha value is -1.98. The van der Waals surface area contributed by atoms with E-state index in [1.165, 1.54) is 11.6 Å². The van der Waals surface area contributed by atoms with Crippen molar-refractivity contribution in [3.8, 4) is 5.75 Å². The van der Waals surface area contributed by atoms with Crippen molar-refractivity contribution in [3.63, 3.8) is 0 Å². The zero-order valence-electron chi connectivity index (χ0n) is 12.0. The second-order valence-electron chi connectivity index (χ2n) is 5.36. The lowest BCUT2D eigenvalue weighted by atomic mass is 10.1. The Kier molecular flexibility index (Phi) is 4.36. The van der Waals surface area contributed by atoms with Gasteiger partial charge >= 0.3 is 0 Å². The van der Waals surface area contributed by atoms with Gasteiger partial charge in [-0.15, -0.1) is 0 Å². The Bertz CT molecular complexity index is 676. The number of benzene rings is 2. The van der Waals surface area contributed by atoms with Gasteiger partial charge in [0.05, 0.1) is 12.7 Å². The molecule has 3 rings (SSSR count). The van der Waals surface area contributed by atoms with E-state index in [2.05, 4.69) is 11.4 Å². The van der Waals surface area contributed by atoms with Gasteiger partial charge in [-0.3, -0.25) is 0 Å². The molecule has 3 nitrogen and oxygen atoms in total. The second-order valence-corrected chi connectivity index (χ2v) is 5.36. The van der Waals surface area contributed by atoms with Crippen LogP contribution in [0.25, 0.3) is 0 Å². The van der Waals surface area contributed by atoms with Gasteiger partial charge in [-0.05, 0) is 34.9 Å². The highest BCUT2D eigenvalue weighted by Crippen LogP contribution is 2.25. The molecule has 1 atom stereocenters. The topological polar surface area (TPSA) is 41.5 Å². The van der Waals surface area contributed by atoms with Crippen molar-refractivity contribution in [2.45, 2.75) is 19.1 Å². The number of aliphatic hydroxyl groups excluding tert-OH is 1. The first-order chi connectivity index (χ1) is 10.6. The van der Waals surface area contributed by atoms with Gasteiger partial charge < -0.3 is 15.2 Å². The Morgan fingerprint density at radius 3 is 2.82 bits per heavy atom. The van der Waals surface area contributed by atoms with Crippen LogP contribution in [-0.4, -0.2) is 18.3 Å². The molecule has 0 aromatic heterocycles. The highest BCUT2D eigenvalue weighted by Gasteiger charge is 2.13. The molecule has 0 fully saturated rings. The quantitative estimate of drug-likeness (QED) is 0.892. The van der Waals surface area contributed by atoms with E-state index in [-0.39, 0.29) is 6.54 Å². The molecule has 0 radical (unpaired) electrons. The predicted molar refractivity (Wildman–Crippen MR) is 78.7 cm³/mol. The first kappa shape index (κ1) is 14.9. The third-order valence-corrected chi connectivity index (χ3v) is 3.75. The van der Waals surface area contributed by atoms with E-state index in [0.717, 1.165) is 36.5 Å². The summed E-state index contributed by atoms with van der Waals surface area (Å²) in [6.45, 7) is 1.58. The SMILES string of the molecule is OC(CNCc1ccc2c(c1)CCO2)c1ccc(F)c(F)c1. The maximum atomic E-state index is 13.1. The monoisotopic (exact) mass is 305 g/mol. The fraction of sp³-hybridized carbons (Fsp3) is 0.294. The number of rotatable bonds is 5. The number of ether oxygens (including phenoxy) is 1. The molecule has 22 heavy (non-hydrogen) atoms. The maximum Gasteiger partial charge on any atom is 0.159 e. The smallest absolute Gasteiger partial charge is 0.159 e. The molecule has 2 aromatic rings. The first-order valence-corrected chi connectivity index (χ1v) is 7.22. The van der Waals surface area contributed by atoms with E-state index < -0.39 is 17.7 Å². The van der Waals surface area contributed by atoms with Gasteiger partial charge in [-0.1, -0.05) is 18.2 Å². The van der Waals surface area contributed by atoms with E-state index in [1.54, 1.807) is 0 Å². The second kappa shape index (κ2) is 6.42. The van der Waals surface area contributed by atoms with Crippen LogP contribution in [0.2, 0.25) is 0 Å². The predicted octanol–water partition coefficient (Wildman–Crippen LogP) is 2.72. The molecule has 0 spiro atoms. The Morgan fingerprint density at radius 1 is 1.14 bits per heavy atom. The van der Waals surface area contributed by atoms with E-state index in [9.17, 15) is 13.9 Å². The van der Waals surface area contributed by atoms with Crippen molar-refractivity contribution < 1.29 is 18.6 Å². The van der Waals surface area contributed by atoms with Gasteiger partial charge in [0, 0.05) is 19.5 Å². The number of aliphatic hydroxyl groups is 1. The standard InChI is InChI=1S/C17H17F2NO2/c18-14-3-2-12(8-15(14)19)16(21)10-20-9-11-1-4-17-13(7-11)5-6-22-17/h1-4,7-8,16,20-21H,5-6,9-10H2. The molecule has 2 N–H and O–H groups in total. The summed E-state index contributed by atoms with van der Waals surface area (Å²) in [7, 11) is 0. The summed E-state index contributed by atoms with van der Waals surface area (Å²) in [5.41, 5.74) is 2.65. The lowest BCUT2D eigenvalue weighted by Crippen LogP contribution is -2.21. The fourth-order valence-electron chi connectivity index (χ4n) is 2.54. The van der Waals surface area contributed by atoms with Crippen LogP contribution < -0.4 is 10.1 Å². The summed E-state index contributed by atoms with van der Waals surface area (Å²) in [5.74, 6) is -0.926. The number of hydrogen-bond acceptors (Lipinski definition) is 3. The molecule has 1 unspecified atom stereocenters. The summed E-state index contributed by atoms with van der Waals surface area (Å²) in [4.78, 5) is 0. The third kappa shape index (κ3) is 3.26. The van der Waals surface area contributed by atoms with Crippen molar-refractivity contribution in [1.82, 2.24) is 5.32 Å². The minimum Gasteiger partial charge on any atom is -0.493 e. The van der Waals surface area contributed by atoms with Gasteiger partial charge in [0.15, 0.2) is 11.6 Å². The minimum atomic E-state index is -0.949. The number of halogens is 2. The van der Waals surface area contributed by atoms with E-state index in [4.69, 9.17) is 4.74 Å². The van der Waals surface area contributed by atoms with Crippen LogP contribution in [0.4, 0.5) is 8.78 Å². The van der Waals surface area contributed by atoms with Crippen molar-refractivity contribution in [3.05, 3.63) is 64.7 Å². The zero-order valence-corrected chi connectivity index (χ0v) is 12.0. The molecule has 0 saturated carbocycles. The van der Waals surface area contributed by atoms with Crippen molar-refractivity contribution in [1.29, 1.82) is 0 Å². The number of nitrogens with one attached hydrogen (secondary N) is 1. The van der Waals surface area contributed by atoms with Crippen molar-refractivity contribution >= 4 is 0 Å². The molecular formula is C17H17F2NO2. The summed E-state index contributed by atoms with van der Waals surface area (Å²) < 4.78 is 31.4. The molecule has 0 bridgehead atoms. The minimum absolute atomic E-state index is 0.263. The van der Waals surface area contributed by atoms with Crippen molar-refractivity contribution in [2.75, 3.05) is 13.2 Å². The molecule has 1 heterocycles. The van der Waals surface area contributed by atoms with Crippen LogP contribution in [0.1, 0.15) is 22.8 Å². The Labute approximate surface area is 127 Å². The lowest BCUT2D eigenvalue weighted by molar-refractivity contribution is 0.173. The van der Waals surface area contributed by atoms with E-state index in [0.29, 0.717) is 12.1 Å². The maximum absolute atomic E-state index is 13.1. The fourth-order valence-corrected chi connectivity index (χ4v) is 2.54. The third-order valence-electron chi connectivity index (χ3n) is 3.75. The molecule has 0 aliphatic carbocycles. The van der Waals surface area contributed by atoms with E-state index in [1.807, 2.05) is 12.1 Å². The number of fused-ring (bicyclic) bond motifs is 1. The molecule has 0 saturated heterocycles. The number of hydrogen-bond donors (Lipinski definition) is 2. The molecule has 1 aliphatic rings. The highest BCUT2D eigenvalue weighted by atomic mass is 19.2. The largest absolute Gasteiger partial charge is 0.493 e. The lowest BCUT2D eigenvalue weighted by Gasteiger charge is -2.13. The van der Waals surface area contributed by atoms with Gasteiger partial charge in [0.2, 0.25) is 0 Å². The average molecular weight is 305 g/mol. The average Bonchev–Trinajstić information content (AvgIpc) is 2.97. The van der Waals surface area contributed by atoms with Crippen LogP contribution in [0.5, 0.6) is 5.75 Å². The molecule has 0 amide bonds. The Balaban J connectivity index is 1.55. The van der Waals surface area contributed by atoms with Crippen LogP contribution in [0.15, 0.2) is 36.4 Å². The summed E-state index contributed by atoms with van der Waals surface area (Å²) in [6.07, 6.45) is 0.0357. The zero-order chi connectivity index (χ0) is 15.5. The van der Waals surface area contributed by atoms with Crippen molar-refractivity contribution in [2.24, 2.45) is 0 Å².